The van der Waals surface area contributed by atoms with E-state index in [-0.39, 0.29) is 10.7 Å². The first-order valence-corrected chi connectivity index (χ1v) is 4.72. The van der Waals surface area contributed by atoms with Gasteiger partial charge in [-0.2, -0.15) is 4.39 Å². The van der Waals surface area contributed by atoms with E-state index in [2.05, 4.69) is 4.98 Å². The smallest absolute Gasteiger partial charge is 0.338 e. The summed E-state index contributed by atoms with van der Waals surface area (Å²) in [4.78, 5) is 14.8. The lowest BCUT2D eigenvalue weighted by Gasteiger charge is -2.19. The summed E-state index contributed by atoms with van der Waals surface area (Å²) in [7, 11) is 0. The summed E-state index contributed by atoms with van der Waals surface area (Å²) in [5, 5.41) is -0.0733. The Morgan fingerprint density at radius 3 is 2.53 bits per heavy atom. The first kappa shape index (κ1) is 11.9. The van der Waals surface area contributed by atoms with E-state index >= 15 is 0 Å². The van der Waals surface area contributed by atoms with Gasteiger partial charge >= 0.3 is 5.97 Å². The summed E-state index contributed by atoms with van der Waals surface area (Å²) in [5.74, 6) is -1.42. The summed E-state index contributed by atoms with van der Waals surface area (Å²) >= 11 is 5.51. The largest absolute Gasteiger partial charge is 0.456 e. The molecule has 1 rings (SSSR count). The molecule has 0 aliphatic heterocycles. The number of aromatic nitrogens is 1. The molecule has 82 valence electrons. The van der Waals surface area contributed by atoms with Crippen molar-refractivity contribution in [3.05, 3.63) is 28.8 Å². The molecule has 1 heterocycles. The Bertz CT molecular complexity index is 367. The first-order valence-electron chi connectivity index (χ1n) is 4.34. The van der Waals surface area contributed by atoms with Crippen LogP contribution in [0.15, 0.2) is 12.1 Å². The van der Waals surface area contributed by atoms with Crippen molar-refractivity contribution >= 4 is 17.6 Å². The lowest BCUT2D eigenvalue weighted by atomic mass is 10.2. The minimum atomic E-state index is -0.802. The van der Waals surface area contributed by atoms with E-state index in [9.17, 15) is 9.18 Å². The Morgan fingerprint density at radius 1 is 1.47 bits per heavy atom. The van der Waals surface area contributed by atoms with Crippen LogP contribution in [0.4, 0.5) is 4.39 Å². The highest BCUT2D eigenvalue weighted by atomic mass is 35.5. The van der Waals surface area contributed by atoms with Crippen molar-refractivity contribution in [1.82, 2.24) is 4.98 Å². The molecule has 0 N–H and O–H groups in total. The van der Waals surface area contributed by atoms with Crippen molar-refractivity contribution in [2.24, 2.45) is 0 Å². The van der Waals surface area contributed by atoms with Gasteiger partial charge < -0.3 is 4.74 Å². The summed E-state index contributed by atoms with van der Waals surface area (Å²) in [6, 6.07) is 2.25. The van der Waals surface area contributed by atoms with Crippen LogP contribution < -0.4 is 0 Å². The number of nitrogens with zero attached hydrogens (tertiary/aromatic N) is 1. The second kappa shape index (κ2) is 4.14. The molecular formula is C10H11ClFNO2. The molecule has 0 saturated heterocycles. The standard InChI is InChI=1S/C10H11ClFNO2/c1-10(2,3)15-9(14)6-4-7(11)13-8(12)5-6/h4-5H,1-3H3. The van der Waals surface area contributed by atoms with E-state index in [1.807, 2.05) is 0 Å². The van der Waals surface area contributed by atoms with E-state index in [4.69, 9.17) is 16.3 Å². The van der Waals surface area contributed by atoms with Crippen LogP contribution in [-0.2, 0) is 4.74 Å². The minimum absolute atomic E-state index is 0.0578. The van der Waals surface area contributed by atoms with Crippen molar-refractivity contribution in [2.75, 3.05) is 0 Å². The molecule has 0 unspecified atom stereocenters. The molecule has 0 aliphatic rings. The van der Waals surface area contributed by atoms with Gasteiger partial charge in [-0.3, -0.25) is 0 Å². The summed E-state index contributed by atoms with van der Waals surface area (Å²) in [6.45, 7) is 5.18. The number of ether oxygens (including phenoxy) is 1. The Balaban J connectivity index is 2.92. The van der Waals surface area contributed by atoms with Crippen LogP contribution in [0.5, 0.6) is 0 Å². The highest BCUT2D eigenvalue weighted by molar-refractivity contribution is 6.29. The van der Waals surface area contributed by atoms with Crippen LogP contribution in [0.1, 0.15) is 31.1 Å². The third-order valence-corrected chi connectivity index (χ3v) is 1.59. The Hall–Kier alpha value is -1.16. The molecule has 0 radical (unpaired) electrons. The summed E-state index contributed by atoms with van der Waals surface area (Å²) in [5.41, 5.74) is -0.564. The minimum Gasteiger partial charge on any atom is -0.456 e. The van der Waals surface area contributed by atoms with E-state index < -0.39 is 17.5 Å². The third kappa shape index (κ3) is 3.83. The maximum atomic E-state index is 12.8. The van der Waals surface area contributed by atoms with Gasteiger partial charge in [-0.05, 0) is 26.8 Å². The van der Waals surface area contributed by atoms with E-state index in [1.54, 1.807) is 20.8 Å². The molecule has 15 heavy (non-hydrogen) atoms. The van der Waals surface area contributed by atoms with Crippen LogP contribution in [0.2, 0.25) is 5.15 Å². The number of carbonyl (C=O) groups is 1. The van der Waals surface area contributed by atoms with E-state index in [1.165, 1.54) is 6.07 Å². The molecule has 0 aliphatic carbocycles. The summed E-state index contributed by atoms with van der Waals surface area (Å²) in [6.07, 6.45) is 0. The molecule has 0 fully saturated rings. The van der Waals surface area contributed by atoms with Crippen molar-refractivity contribution in [1.29, 1.82) is 0 Å². The Morgan fingerprint density at radius 2 is 2.07 bits per heavy atom. The highest BCUT2D eigenvalue weighted by Gasteiger charge is 2.18. The average Bonchev–Trinajstić information content (AvgIpc) is 1.98. The van der Waals surface area contributed by atoms with Crippen LogP contribution >= 0.6 is 11.6 Å². The normalized spacial score (nSPS) is 11.3. The number of hydrogen-bond acceptors (Lipinski definition) is 3. The molecular weight excluding hydrogens is 221 g/mol. The molecule has 1 aromatic heterocycles. The third-order valence-electron chi connectivity index (χ3n) is 1.40. The van der Waals surface area contributed by atoms with Gasteiger partial charge in [-0.25, -0.2) is 9.78 Å². The van der Waals surface area contributed by atoms with Crippen LogP contribution in [-0.4, -0.2) is 16.6 Å². The molecule has 0 saturated carbocycles. The zero-order valence-corrected chi connectivity index (χ0v) is 9.43. The second-order valence-electron chi connectivity index (χ2n) is 4.00. The Kier molecular flexibility index (Phi) is 3.29. The van der Waals surface area contributed by atoms with Gasteiger partial charge in [-0.15, -0.1) is 0 Å². The Labute approximate surface area is 92.2 Å². The van der Waals surface area contributed by atoms with Gasteiger partial charge in [0, 0.05) is 6.07 Å². The number of halogens is 2. The molecule has 3 nitrogen and oxygen atoms in total. The SMILES string of the molecule is CC(C)(C)OC(=O)c1cc(F)nc(Cl)c1. The van der Waals surface area contributed by atoms with Gasteiger partial charge in [-0.1, -0.05) is 11.6 Å². The molecule has 0 amide bonds. The average molecular weight is 232 g/mol. The molecule has 0 aromatic carbocycles. The van der Waals surface area contributed by atoms with Gasteiger partial charge in [0.2, 0.25) is 5.95 Å². The monoisotopic (exact) mass is 231 g/mol. The van der Waals surface area contributed by atoms with Crippen molar-refractivity contribution in [3.63, 3.8) is 0 Å². The molecule has 0 bridgehead atoms. The molecule has 5 heteroatoms. The van der Waals surface area contributed by atoms with Crippen molar-refractivity contribution < 1.29 is 13.9 Å². The number of hydrogen-bond donors (Lipinski definition) is 0. The zero-order chi connectivity index (χ0) is 11.6. The molecule has 0 atom stereocenters. The predicted octanol–water partition coefficient (Wildman–Crippen LogP) is 2.83. The molecule has 0 spiro atoms. The van der Waals surface area contributed by atoms with Gasteiger partial charge in [0.05, 0.1) is 5.56 Å². The first-order chi connectivity index (χ1) is 6.78. The fourth-order valence-electron chi connectivity index (χ4n) is 0.920. The van der Waals surface area contributed by atoms with Crippen LogP contribution in [0.3, 0.4) is 0 Å². The highest BCUT2D eigenvalue weighted by Crippen LogP contribution is 2.15. The van der Waals surface area contributed by atoms with Gasteiger partial charge in [0.25, 0.3) is 0 Å². The number of esters is 1. The second-order valence-corrected chi connectivity index (χ2v) is 4.39. The maximum Gasteiger partial charge on any atom is 0.338 e. The lowest BCUT2D eigenvalue weighted by molar-refractivity contribution is 0.00688. The van der Waals surface area contributed by atoms with Crippen molar-refractivity contribution in [3.8, 4) is 0 Å². The number of pyridine rings is 1. The van der Waals surface area contributed by atoms with Crippen molar-refractivity contribution in [2.45, 2.75) is 26.4 Å². The van der Waals surface area contributed by atoms with Crippen LogP contribution in [0, 0.1) is 5.95 Å². The zero-order valence-electron chi connectivity index (χ0n) is 8.67. The van der Waals surface area contributed by atoms with E-state index in [0.717, 1.165) is 6.07 Å². The fraction of sp³-hybridized carbons (Fsp3) is 0.400. The number of rotatable bonds is 1. The predicted molar refractivity (Wildman–Crippen MR) is 54.4 cm³/mol. The maximum absolute atomic E-state index is 12.8. The van der Waals surface area contributed by atoms with Gasteiger partial charge in [0.1, 0.15) is 10.8 Å². The molecule has 1 aromatic rings. The topological polar surface area (TPSA) is 39.2 Å². The summed E-state index contributed by atoms with van der Waals surface area (Å²) < 4.78 is 17.9. The quantitative estimate of drug-likeness (QED) is 0.551. The lowest BCUT2D eigenvalue weighted by Crippen LogP contribution is -2.24. The van der Waals surface area contributed by atoms with Gasteiger partial charge in [0.15, 0.2) is 0 Å². The number of carbonyl (C=O) groups excluding carboxylic acids is 1. The fourth-order valence-corrected chi connectivity index (χ4v) is 1.12. The van der Waals surface area contributed by atoms with Crippen LogP contribution in [0.25, 0.3) is 0 Å². The van der Waals surface area contributed by atoms with E-state index in [0.29, 0.717) is 0 Å².